The molecule has 1 aromatic rings. The van der Waals surface area contributed by atoms with Gasteiger partial charge in [-0.1, -0.05) is 12.1 Å². The van der Waals surface area contributed by atoms with Gasteiger partial charge in [0.2, 0.25) is 5.91 Å². The number of nitrogens with one attached hydrogen (secondary N) is 1. The van der Waals surface area contributed by atoms with E-state index < -0.39 is 6.04 Å². The van der Waals surface area contributed by atoms with Gasteiger partial charge < -0.3 is 15.8 Å². The van der Waals surface area contributed by atoms with Crippen molar-refractivity contribution in [3.05, 3.63) is 29.8 Å². The number of halogens is 1. The van der Waals surface area contributed by atoms with Gasteiger partial charge in [0.15, 0.2) is 0 Å². The van der Waals surface area contributed by atoms with Crippen molar-refractivity contribution in [2.24, 2.45) is 5.73 Å². The molecule has 1 atom stereocenters. The zero-order valence-electron chi connectivity index (χ0n) is 10.6. The zero-order chi connectivity index (χ0) is 12.5. The Morgan fingerprint density at radius 1 is 1.39 bits per heavy atom. The molecule has 1 fully saturated rings. The number of benzene rings is 1. The van der Waals surface area contributed by atoms with Crippen molar-refractivity contribution in [2.75, 3.05) is 7.11 Å². The molecule has 0 spiro atoms. The third-order valence-electron chi connectivity index (χ3n) is 3.17. The molecular formula is C13H19ClN2O2. The minimum absolute atomic E-state index is 0. The molecule has 100 valence electrons. The van der Waals surface area contributed by atoms with Gasteiger partial charge in [0.05, 0.1) is 18.7 Å². The lowest BCUT2D eigenvalue weighted by Gasteiger charge is -2.19. The van der Waals surface area contributed by atoms with E-state index in [9.17, 15) is 4.79 Å². The summed E-state index contributed by atoms with van der Waals surface area (Å²) < 4.78 is 5.11. The van der Waals surface area contributed by atoms with Gasteiger partial charge in [-0.25, -0.2) is 0 Å². The first-order chi connectivity index (χ1) is 8.07. The van der Waals surface area contributed by atoms with Crippen LogP contribution in [-0.2, 0) is 10.3 Å². The number of amides is 1. The molecular weight excluding hydrogens is 252 g/mol. The fourth-order valence-corrected chi connectivity index (χ4v) is 1.87. The lowest BCUT2D eigenvalue weighted by molar-refractivity contribution is -0.123. The van der Waals surface area contributed by atoms with Crippen molar-refractivity contribution in [3.63, 3.8) is 0 Å². The molecule has 0 heterocycles. The summed E-state index contributed by atoms with van der Waals surface area (Å²) >= 11 is 0. The zero-order valence-corrected chi connectivity index (χ0v) is 11.4. The molecule has 1 aliphatic rings. The second-order valence-electron chi connectivity index (χ2n) is 4.59. The van der Waals surface area contributed by atoms with Crippen molar-refractivity contribution in [3.8, 4) is 5.75 Å². The molecule has 4 nitrogen and oxygen atoms in total. The SMILES string of the molecule is COc1ccc(C2(NC(=O)[C@@H](C)N)CC2)cc1.Cl. The number of nitrogens with two attached hydrogens (primary N) is 1. The molecule has 0 unspecified atom stereocenters. The highest BCUT2D eigenvalue weighted by atomic mass is 35.5. The van der Waals surface area contributed by atoms with Gasteiger partial charge in [0.1, 0.15) is 5.75 Å². The number of rotatable bonds is 4. The van der Waals surface area contributed by atoms with Gasteiger partial charge in [-0.3, -0.25) is 4.79 Å². The second kappa shape index (κ2) is 5.59. The molecule has 18 heavy (non-hydrogen) atoms. The van der Waals surface area contributed by atoms with Crippen LogP contribution in [0.4, 0.5) is 0 Å². The number of carbonyl (C=O) groups excluding carboxylic acids is 1. The van der Waals surface area contributed by atoms with Crippen LogP contribution in [-0.4, -0.2) is 19.1 Å². The highest BCUT2D eigenvalue weighted by Crippen LogP contribution is 2.45. The molecule has 1 aliphatic carbocycles. The molecule has 1 amide bonds. The molecule has 1 aromatic carbocycles. The Kier molecular flexibility index (Phi) is 4.59. The summed E-state index contributed by atoms with van der Waals surface area (Å²) in [7, 11) is 1.64. The van der Waals surface area contributed by atoms with E-state index in [1.165, 1.54) is 0 Å². The maximum atomic E-state index is 11.6. The van der Waals surface area contributed by atoms with Crippen molar-refractivity contribution in [1.82, 2.24) is 5.32 Å². The van der Waals surface area contributed by atoms with E-state index in [1.807, 2.05) is 24.3 Å². The van der Waals surface area contributed by atoms with Gasteiger partial charge in [-0.15, -0.1) is 12.4 Å². The van der Waals surface area contributed by atoms with E-state index in [0.717, 1.165) is 24.2 Å². The predicted molar refractivity (Wildman–Crippen MR) is 72.9 cm³/mol. The fraction of sp³-hybridized carbons (Fsp3) is 0.462. The fourth-order valence-electron chi connectivity index (χ4n) is 1.87. The Morgan fingerprint density at radius 3 is 2.33 bits per heavy atom. The topological polar surface area (TPSA) is 64.3 Å². The Labute approximate surface area is 113 Å². The molecule has 0 saturated heterocycles. The van der Waals surface area contributed by atoms with E-state index in [2.05, 4.69) is 5.32 Å². The Hall–Kier alpha value is -1.26. The predicted octanol–water partition coefficient (Wildman–Crippen LogP) is 1.57. The Morgan fingerprint density at radius 2 is 1.94 bits per heavy atom. The Bertz CT molecular complexity index is 414. The molecule has 2 rings (SSSR count). The van der Waals surface area contributed by atoms with Gasteiger partial charge in [-0.05, 0) is 37.5 Å². The van der Waals surface area contributed by atoms with Crippen LogP contribution in [0.3, 0.4) is 0 Å². The summed E-state index contributed by atoms with van der Waals surface area (Å²) in [5.41, 5.74) is 6.48. The molecule has 5 heteroatoms. The van der Waals surface area contributed by atoms with E-state index in [0.29, 0.717) is 0 Å². The van der Waals surface area contributed by atoms with Crippen LogP contribution in [0.25, 0.3) is 0 Å². The smallest absolute Gasteiger partial charge is 0.237 e. The summed E-state index contributed by atoms with van der Waals surface area (Å²) in [5.74, 6) is 0.724. The van der Waals surface area contributed by atoms with Gasteiger partial charge in [0.25, 0.3) is 0 Å². The summed E-state index contributed by atoms with van der Waals surface area (Å²) in [4.78, 5) is 11.6. The van der Waals surface area contributed by atoms with E-state index >= 15 is 0 Å². The summed E-state index contributed by atoms with van der Waals surface area (Å²) in [6.07, 6.45) is 1.94. The monoisotopic (exact) mass is 270 g/mol. The highest BCUT2D eigenvalue weighted by molar-refractivity contribution is 5.85. The molecule has 1 saturated carbocycles. The molecule has 0 aliphatic heterocycles. The summed E-state index contributed by atoms with van der Waals surface area (Å²) in [5, 5.41) is 3.02. The maximum absolute atomic E-state index is 11.6. The van der Waals surface area contributed by atoms with Crippen LogP contribution in [0, 0.1) is 0 Å². The number of methoxy groups -OCH3 is 1. The van der Waals surface area contributed by atoms with E-state index in [4.69, 9.17) is 10.5 Å². The quantitative estimate of drug-likeness (QED) is 0.873. The second-order valence-corrected chi connectivity index (χ2v) is 4.59. The summed E-state index contributed by atoms with van der Waals surface area (Å²) in [6.45, 7) is 1.69. The number of carbonyl (C=O) groups is 1. The number of hydrogen-bond acceptors (Lipinski definition) is 3. The van der Waals surface area contributed by atoms with Crippen LogP contribution in [0.15, 0.2) is 24.3 Å². The first kappa shape index (κ1) is 14.8. The highest BCUT2D eigenvalue weighted by Gasteiger charge is 2.45. The average Bonchev–Trinajstić information content (AvgIpc) is 3.10. The van der Waals surface area contributed by atoms with Gasteiger partial charge >= 0.3 is 0 Å². The molecule has 3 N–H and O–H groups in total. The van der Waals surface area contributed by atoms with E-state index in [-0.39, 0.29) is 23.9 Å². The minimum Gasteiger partial charge on any atom is -0.497 e. The maximum Gasteiger partial charge on any atom is 0.237 e. The van der Waals surface area contributed by atoms with Crippen LogP contribution < -0.4 is 15.8 Å². The molecule has 0 aromatic heterocycles. The first-order valence-electron chi connectivity index (χ1n) is 5.79. The molecule has 0 bridgehead atoms. The number of ether oxygens (including phenoxy) is 1. The minimum atomic E-state index is -0.467. The third-order valence-corrected chi connectivity index (χ3v) is 3.17. The average molecular weight is 271 g/mol. The first-order valence-corrected chi connectivity index (χ1v) is 5.79. The lowest BCUT2D eigenvalue weighted by Crippen LogP contribution is -2.44. The van der Waals surface area contributed by atoms with Crippen molar-refractivity contribution in [1.29, 1.82) is 0 Å². The van der Waals surface area contributed by atoms with Crippen LogP contribution in [0.2, 0.25) is 0 Å². The normalized spacial score (nSPS) is 17.3. The Balaban J connectivity index is 0.00000162. The molecule has 0 radical (unpaired) electrons. The summed E-state index contributed by atoms with van der Waals surface area (Å²) in [6, 6.07) is 7.34. The lowest BCUT2D eigenvalue weighted by atomic mass is 10.0. The van der Waals surface area contributed by atoms with E-state index in [1.54, 1.807) is 14.0 Å². The van der Waals surface area contributed by atoms with Gasteiger partial charge in [-0.2, -0.15) is 0 Å². The third kappa shape index (κ3) is 2.94. The van der Waals surface area contributed by atoms with Crippen molar-refractivity contribution < 1.29 is 9.53 Å². The van der Waals surface area contributed by atoms with Crippen molar-refractivity contribution in [2.45, 2.75) is 31.3 Å². The standard InChI is InChI=1S/C13H18N2O2.ClH/c1-9(14)12(16)15-13(7-8-13)10-3-5-11(17-2)6-4-10;/h3-6,9H,7-8,14H2,1-2H3,(H,15,16);1H/t9-;/m1./s1. The van der Waals surface area contributed by atoms with Crippen LogP contribution >= 0.6 is 12.4 Å². The van der Waals surface area contributed by atoms with Crippen molar-refractivity contribution >= 4 is 18.3 Å². The van der Waals surface area contributed by atoms with Crippen LogP contribution in [0.5, 0.6) is 5.75 Å². The number of hydrogen-bond donors (Lipinski definition) is 2. The van der Waals surface area contributed by atoms with Gasteiger partial charge in [0, 0.05) is 0 Å². The van der Waals surface area contributed by atoms with Crippen LogP contribution in [0.1, 0.15) is 25.3 Å². The largest absolute Gasteiger partial charge is 0.497 e.